The second-order valence-corrected chi connectivity index (χ2v) is 13.8. The third-order valence-corrected chi connectivity index (χ3v) is 8.82. The summed E-state index contributed by atoms with van der Waals surface area (Å²) in [5.41, 5.74) is 0.635. The molecule has 0 bridgehead atoms. The molecule has 0 aliphatic heterocycles. The minimum atomic E-state index is -4.21. The average Bonchev–Trinajstić information content (AvgIpc) is 2.90. The Morgan fingerprint density at radius 1 is 0.905 bits per heavy atom. The highest BCUT2D eigenvalue weighted by Crippen LogP contribution is 2.28. The summed E-state index contributed by atoms with van der Waals surface area (Å²) in [6, 6.07) is 17.7. The minimum absolute atomic E-state index is 0.0768. The monoisotopic (exact) mass is 636 g/mol. The molecule has 3 aromatic rings. The molecule has 3 rings (SSSR count). The topological polar surface area (TPSA) is 90.0 Å². The van der Waals surface area contributed by atoms with E-state index in [1.54, 1.807) is 18.2 Å². The molecule has 8 nitrogen and oxygen atoms in total. The Hall–Kier alpha value is -3.18. The molecular weight excluding hydrogens is 602 g/mol. The molecule has 3 aromatic carbocycles. The Kier molecular flexibility index (Phi) is 11.0. The van der Waals surface area contributed by atoms with Gasteiger partial charge in [-0.3, -0.25) is 9.59 Å². The predicted molar refractivity (Wildman–Crippen MR) is 165 cm³/mol. The highest BCUT2D eigenvalue weighted by Gasteiger charge is 2.36. The average molecular weight is 638 g/mol. The van der Waals surface area contributed by atoms with Crippen molar-refractivity contribution in [3.63, 3.8) is 0 Å². The van der Waals surface area contributed by atoms with Crippen molar-refractivity contribution in [3.05, 3.63) is 99.8 Å². The van der Waals surface area contributed by atoms with Crippen LogP contribution in [-0.2, 0) is 32.8 Å². The fraction of sp³-hybridized carbons (Fsp3) is 0.333. The molecule has 0 heterocycles. The molecule has 0 radical (unpaired) electrons. The van der Waals surface area contributed by atoms with Crippen molar-refractivity contribution in [1.82, 2.24) is 14.5 Å². The Labute approximate surface area is 257 Å². The van der Waals surface area contributed by atoms with Gasteiger partial charge in [-0.15, -0.1) is 0 Å². The number of benzene rings is 3. The number of hydrogen-bond acceptors (Lipinski definition) is 4. The summed E-state index contributed by atoms with van der Waals surface area (Å²) in [4.78, 5) is 29.4. The van der Waals surface area contributed by atoms with E-state index in [0.29, 0.717) is 5.56 Å². The number of hydrogen-bond donors (Lipinski definition) is 1. The maximum Gasteiger partial charge on any atom is 0.304 e. The molecule has 0 saturated heterocycles. The molecule has 0 spiro atoms. The second-order valence-electron chi connectivity index (χ2n) is 10.9. The molecule has 12 heteroatoms. The number of amides is 2. The fourth-order valence-electron chi connectivity index (χ4n) is 4.18. The number of carbonyl (C=O) groups excluding carboxylic acids is 2. The lowest BCUT2D eigenvalue weighted by Gasteiger charge is -2.36. The van der Waals surface area contributed by atoms with Gasteiger partial charge < -0.3 is 10.2 Å². The first-order valence-electron chi connectivity index (χ1n) is 13.1. The van der Waals surface area contributed by atoms with Crippen LogP contribution < -0.4 is 9.62 Å². The zero-order valence-electron chi connectivity index (χ0n) is 24.1. The van der Waals surface area contributed by atoms with E-state index in [-0.39, 0.29) is 28.7 Å². The van der Waals surface area contributed by atoms with Crippen LogP contribution >= 0.6 is 23.2 Å². The number of nitrogens with one attached hydrogen (secondary N) is 1. The Bertz CT molecular complexity index is 1480. The van der Waals surface area contributed by atoms with Crippen molar-refractivity contribution in [2.24, 2.45) is 0 Å². The zero-order valence-corrected chi connectivity index (χ0v) is 26.5. The molecule has 0 saturated carbocycles. The van der Waals surface area contributed by atoms with E-state index in [0.717, 1.165) is 26.3 Å². The summed E-state index contributed by atoms with van der Waals surface area (Å²) >= 11 is 13.0. The van der Waals surface area contributed by atoms with Gasteiger partial charge in [0.15, 0.2) is 0 Å². The van der Waals surface area contributed by atoms with Gasteiger partial charge in [0, 0.05) is 48.2 Å². The lowest BCUT2D eigenvalue weighted by molar-refractivity contribution is -0.140. The minimum Gasteiger partial charge on any atom is -0.350 e. The summed E-state index contributed by atoms with van der Waals surface area (Å²) in [7, 11) is -1.56. The molecule has 0 aromatic heterocycles. The first kappa shape index (κ1) is 33.3. The van der Waals surface area contributed by atoms with E-state index < -0.39 is 46.0 Å². The first-order valence-corrected chi connectivity index (χ1v) is 15.3. The van der Waals surface area contributed by atoms with Crippen molar-refractivity contribution < 1.29 is 22.4 Å². The van der Waals surface area contributed by atoms with Crippen LogP contribution in [0.15, 0.2) is 72.8 Å². The zero-order chi connectivity index (χ0) is 31.2. The molecule has 0 unspecified atom stereocenters. The van der Waals surface area contributed by atoms with Crippen molar-refractivity contribution >= 4 is 50.9 Å². The van der Waals surface area contributed by atoms with Gasteiger partial charge in [-0.25, -0.2) is 8.70 Å². The summed E-state index contributed by atoms with van der Waals surface area (Å²) < 4.78 is 42.3. The van der Waals surface area contributed by atoms with Gasteiger partial charge in [-0.2, -0.15) is 12.7 Å². The van der Waals surface area contributed by atoms with Crippen LogP contribution in [0.4, 0.5) is 10.1 Å². The maximum atomic E-state index is 14.3. The van der Waals surface area contributed by atoms with E-state index >= 15 is 0 Å². The lowest BCUT2D eigenvalue weighted by Crippen LogP contribution is -2.56. The SMILES string of the molecule is CN(C)S(=O)(=O)N(CC(=O)N(Cc1c(Cl)cccc1Cl)[C@H](Cc1ccccc1)C(=O)NC(C)(C)C)c1ccc(F)cc1. The van der Waals surface area contributed by atoms with Gasteiger partial charge >= 0.3 is 10.2 Å². The summed E-state index contributed by atoms with van der Waals surface area (Å²) in [6.45, 7) is 4.61. The van der Waals surface area contributed by atoms with Crippen molar-refractivity contribution in [2.75, 3.05) is 24.9 Å². The quantitative estimate of drug-likeness (QED) is 0.309. The summed E-state index contributed by atoms with van der Waals surface area (Å²) in [5.74, 6) is -1.69. The van der Waals surface area contributed by atoms with E-state index in [9.17, 15) is 22.4 Å². The van der Waals surface area contributed by atoms with Gasteiger partial charge in [0.05, 0.1) is 5.69 Å². The molecule has 0 aliphatic rings. The molecule has 0 aliphatic carbocycles. The van der Waals surface area contributed by atoms with E-state index in [2.05, 4.69) is 5.32 Å². The van der Waals surface area contributed by atoms with Crippen LogP contribution in [0, 0.1) is 5.82 Å². The second kappa shape index (κ2) is 13.9. The van der Waals surface area contributed by atoms with Crippen molar-refractivity contribution in [3.8, 4) is 0 Å². The highest BCUT2D eigenvalue weighted by molar-refractivity contribution is 7.90. The normalized spacial score (nSPS) is 12.6. The van der Waals surface area contributed by atoms with Gasteiger partial charge in [0.25, 0.3) is 0 Å². The summed E-state index contributed by atoms with van der Waals surface area (Å²) in [5, 5.41) is 3.52. The molecule has 226 valence electrons. The van der Waals surface area contributed by atoms with Crippen LogP contribution in [-0.4, -0.2) is 61.7 Å². The number of rotatable bonds is 11. The van der Waals surface area contributed by atoms with Crippen LogP contribution in [0.1, 0.15) is 31.9 Å². The molecule has 2 amide bonds. The van der Waals surface area contributed by atoms with Crippen LogP contribution in [0.5, 0.6) is 0 Å². The summed E-state index contributed by atoms with van der Waals surface area (Å²) in [6.07, 6.45) is 0.132. The lowest BCUT2D eigenvalue weighted by atomic mass is 10.0. The van der Waals surface area contributed by atoms with Gasteiger partial charge in [0.2, 0.25) is 11.8 Å². The van der Waals surface area contributed by atoms with Gasteiger partial charge in [0.1, 0.15) is 18.4 Å². The largest absolute Gasteiger partial charge is 0.350 e. The molecule has 1 N–H and O–H groups in total. The van der Waals surface area contributed by atoms with E-state index in [1.165, 1.54) is 31.1 Å². The predicted octanol–water partition coefficient (Wildman–Crippen LogP) is 5.30. The fourth-order valence-corrected chi connectivity index (χ4v) is 5.76. The van der Waals surface area contributed by atoms with Crippen LogP contribution in [0.3, 0.4) is 0 Å². The highest BCUT2D eigenvalue weighted by atomic mass is 35.5. The molecule has 42 heavy (non-hydrogen) atoms. The number of nitrogens with zero attached hydrogens (tertiary/aromatic N) is 3. The Morgan fingerprint density at radius 2 is 1.48 bits per heavy atom. The number of anilines is 1. The molecule has 1 atom stereocenters. The van der Waals surface area contributed by atoms with E-state index in [4.69, 9.17) is 23.2 Å². The van der Waals surface area contributed by atoms with Gasteiger partial charge in [-0.1, -0.05) is 59.6 Å². The smallest absolute Gasteiger partial charge is 0.304 e. The van der Waals surface area contributed by atoms with Crippen molar-refractivity contribution in [2.45, 2.75) is 45.3 Å². The van der Waals surface area contributed by atoms with E-state index in [1.807, 2.05) is 51.1 Å². The number of halogens is 3. The van der Waals surface area contributed by atoms with Crippen LogP contribution in [0.2, 0.25) is 10.0 Å². The van der Waals surface area contributed by atoms with Crippen LogP contribution in [0.25, 0.3) is 0 Å². The first-order chi connectivity index (χ1) is 19.6. The number of carbonyl (C=O) groups is 2. The Balaban J connectivity index is 2.15. The maximum absolute atomic E-state index is 14.3. The standard InChI is InChI=1S/C30H35Cl2FN4O4S/c1-30(2,3)34-29(39)27(18-21-10-7-6-8-11-21)36(19-24-25(31)12-9-13-26(24)32)28(38)20-37(42(40,41)35(4)5)23-16-14-22(33)15-17-23/h6-17,27H,18-20H2,1-5H3,(H,34,39)/t27-/m1/s1. The third-order valence-electron chi connectivity index (χ3n) is 6.29. The van der Waals surface area contributed by atoms with Gasteiger partial charge in [-0.05, 0) is 62.7 Å². The Morgan fingerprint density at radius 3 is 2.00 bits per heavy atom. The third kappa shape index (κ3) is 8.67. The van der Waals surface area contributed by atoms with Crippen molar-refractivity contribution in [1.29, 1.82) is 0 Å². The molecule has 0 fully saturated rings. The molecular formula is C30H35Cl2FN4O4S.